The summed E-state index contributed by atoms with van der Waals surface area (Å²) in [6.45, 7) is 1.57. The van der Waals surface area contributed by atoms with E-state index in [1.165, 1.54) is 21.1 Å². The van der Waals surface area contributed by atoms with Gasteiger partial charge < -0.3 is 24.8 Å². The van der Waals surface area contributed by atoms with Crippen molar-refractivity contribution in [3.05, 3.63) is 59.7 Å². The molecule has 1 aliphatic carbocycles. The third kappa shape index (κ3) is 5.72. The highest BCUT2D eigenvalue weighted by Gasteiger charge is 2.30. The van der Waals surface area contributed by atoms with Gasteiger partial charge in [-0.1, -0.05) is 48.5 Å². The first kappa shape index (κ1) is 24.8. The smallest absolute Gasteiger partial charge is 0.407 e. The lowest BCUT2D eigenvalue weighted by Crippen LogP contribution is -2.50. The van der Waals surface area contributed by atoms with Crippen LogP contribution in [-0.2, 0) is 28.6 Å². The molecule has 0 unspecified atom stereocenters. The van der Waals surface area contributed by atoms with Gasteiger partial charge in [0.25, 0.3) is 0 Å². The van der Waals surface area contributed by atoms with Gasteiger partial charge in [-0.25, -0.2) is 9.59 Å². The van der Waals surface area contributed by atoms with Crippen molar-refractivity contribution in [1.82, 2.24) is 10.6 Å². The summed E-state index contributed by atoms with van der Waals surface area (Å²) in [5.41, 5.74) is 4.38. The van der Waals surface area contributed by atoms with Gasteiger partial charge in [-0.3, -0.25) is 9.59 Å². The molecule has 9 heteroatoms. The van der Waals surface area contributed by atoms with Crippen molar-refractivity contribution in [3.63, 3.8) is 0 Å². The van der Waals surface area contributed by atoms with E-state index in [0.29, 0.717) is 0 Å². The van der Waals surface area contributed by atoms with E-state index in [1.54, 1.807) is 0 Å². The summed E-state index contributed by atoms with van der Waals surface area (Å²) in [6, 6.07) is 13.9. The molecule has 0 bridgehead atoms. The molecule has 34 heavy (non-hydrogen) atoms. The average molecular weight is 469 g/mol. The van der Waals surface area contributed by atoms with Crippen molar-refractivity contribution in [2.24, 2.45) is 0 Å². The maximum atomic E-state index is 12.5. The molecule has 0 fully saturated rings. The van der Waals surface area contributed by atoms with Crippen molar-refractivity contribution in [1.29, 1.82) is 0 Å². The van der Waals surface area contributed by atoms with Crippen molar-refractivity contribution < 1.29 is 33.4 Å². The molecule has 0 saturated carbocycles. The third-order valence-electron chi connectivity index (χ3n) is 5.74. The molecule has 9 nitrogen and oxygen atoms in total. The summed E-state index contributed by atoms with van der Waals surface area (Å²) in [4.78, 5) is 48.2. The average Bonchev–Trinajstić information content (AvgIpc) is 3.18. The largest absolute Gasteiger partial charge is 0.469 e. The fourth-order valence-electron chi connectivity index (χ4n) is 3.93. The van der Waals surface area contributed by atoms with E-state index in [0.717, 1.165) is 22.3 Å². The Morgan fingerprint density at radius 3 is 2.03 bits per heavy atom. The summed E-state index contributed by atoms with van der Waals surface area (Å²) in [5.74, 6) is -1.95. The van der Waals surface area contributed by atoms with E-state index < -0.39 is 36.0 Å². The second-order valence-corrected chi connectivity index (χ2v) is 7.89. The maximum Gasteiger partial charge on any atom is 0.407 e. The van der Waals surface area contributed by atoms with E-state index in [-0.39, 0.29) is 25.4 Å². The van der Waals surface area contributed by atoms with Crippen LogP contribution in [0.2, 0.25) is 0 Å². The number of fused-ring (bicyclic) bond motifs is 3. The Morgan fingerprint density at radius 2 is 1.47 bits per heavy atom. The number of hydrogen-bond acceptors (Lipinski definition) is 7. The molecular weight excluding hydrogens is 440 g/mol. The highest BCUT2D eigenvalue weighted by atomic mass is 16.5. The van der Waals surface area contributed by atoms with Crippen molar-refractivity contribution in [3.8, 4) is 11.1 Å². The second-order valence-electron chi connectivity index (χ2n) is 7.89. The van der Waals surface area contributed by atoms with Crippen LogP contribution in [0.25, 0.3) is 11.1 Å². The van der Waals surface area contributed by atoms with Gasteiger partial charge in [-0.15, -0.1) is 0 Å². The predicted molar refractivity (Wildman–Crippen MR) is 123 cm³/mol. The number of carbonyl (C=O) groups excluding carboxylic acids is 4. The Labute approximate surface area is 197 Å². The Bertz CT molecular complexity index is 1020. The first-order valence-electron chi connectivity index (χ1n) is 10.9. The molecule has 1 aliphatic rings. The molecule has 180 valence electrons. The molecule has 0 radical (unpaired) electrons. The lowest BCUT2D eigenvalue weighted by atomic mass is 9.98. The van der Waals surface area contributed by atoms with E-state index >= 15 is 0 Å². The lowest BCUT2D eigenvalue weighted by molar-refractivity contribution is -0.146. The van der Waals surface area contributed by atoms with Crippen LogP contribution in [0.15, 0.2) is 48.5 Å². The Balaban J connectivity index is 1.56. The minimum Gasteiger partial charge on any atom is -0.469 e. The number of amides is 2. The van der Waals surface area contributed by atoms with Crippen LogP contribution >= 0.6 is 0 Å². The summed E-state index contributed by atoms with van der Waals surface area (Å²) in [6.07, 6.45) is -0.832. The van der Waals surface area contributed by atoms with Gasteiger partial charge in [0.2, 0.25) is 5.91 Å². The zero-order chi connectivity index (χ0) is 24.7. The Kier molecular flexibility index (Phi) is 8.24. The van der Waals surface area contributed by atoms with E-state index in [2.05, 4.69) is 20.1 Å². The minimum absolute atomic E-state index is 0.00273. The molecular formula is C25H28N2O7. The van der Waals surface area contributed by atoms with Crippen LogP contribution in [0.4, 0.5) is 4.79 Å². The minimum atomic E-state index is -1.05. The number of alkyl carbamates (subject to hydrolysis) is 1. The molecule has 2 amide bonds. The fraction of sp³-hybridized carbons (Fsp3) is 0.360. The molecule has 2 aromatic carbocycles. The summed E-state index contributed by atoms with van der Waals surface area (Å²) in [5, 5.41) is 4.96. The molecule has 2 atom stereocenters. The molecule has 0 heterocycles. The van der Waals surface area contributed by atoms with Gasteiger partial charge in [-0.2, -0.15) is 0 Å². The van der Waals surface area contributed by atoms with Crippen LogP contribution in [0.1, 0.15) is 36.8 Å². The van der Waals surface area contributed by atoms with Crippen LogP contribution in [0.5, 0.6) is 0 Å². The number of nitrogens with one attached hydrogen (secondary N) is 2. The number of carbonyl (C=O) groups is 4. The number of hydrogen-bond donors (Lipinski definition) is 2. The van der Waals surface area contributed by atoms with E-state index in [1.807, 2.05) is 48.5 Å². The number of esters is 2. The lowest BCUT2D eigenvalue weighted by Gasteiger charge is -2.20. The normalized spacial score (nSPS) is 13.6. The number of rotatable bonds is 9. The molecule has 0 spiro atoms. The highest BCUT2D eigenvalue weighted by molar-refractivity contribution is 5.89. The summed E-state index contributed by atoms with van der Waals surface area (Å²) in [7, 11) is 2.41. The fourth-order valence-corrected chi connectivity index (χ4v) is 3.93. The van der Waals surface area contributed by atoms with Crippen LogP contribution < -0.4 is 10.6 Å². The van der Waals surface area contributed by atoms with Crippen molar-refractivity contribution >= 4 is 23.9 Å². The van der Waals surface area contributed by atoms with Crippen LogP contribution in [-0.4, -0.2) is 56.8 Å². The van der Waals surface area contributed by atoms with E-state index in [4.69, 9.17) is 4.74 Å². The predicted octanol–water partition coefficient (Wildman–Crippen LogP) is 2.52. The van der Waals surface area contributed by atoms with Gasteiger partial charge >= 0.3 is 18.0 Å². The Hall–Kier alpha value is -3.88. The third-order valence-corrected chi connectivity index (χ3v) is 5.74. The maximum absolute atomic E-state index is 12.5. The highest BCUT2D eigenvalue weighted by Crippen LogP contribution is 2.44. The van der Waals surface area contributed by atoms with Gasteiger partial charge in [0, 0.05) is 12.3 Å². The molecule has 3 rings (SSSR count). The molecule has 0 saturated heterocycles. The first-order chi connectivity index (χ1) is 16.3. The monoisotopic (exact) mass is 468 g/mol. The summed E-state index contributed by atoms with van der Waals surface area (Å²) >= 11 is 0. The van der Waals surface area contributed by atoms with Crippen molar-refractivity contribution in [2.75, 3.05) is 20.8 Å². The van der Waals surface area contributed by atoms with E-state index in [9.17, 15) is 19.2 Å². The zero-order valence-electron chi connectivity index (χ0n) is 19.3. The molecule has 0 aromatic heterocycles. The van der Waals surface area contributed by atoms with Gasteiger partial charge in [0.05, 0.1) is 14.2 Å². The van der Waals surface area contributed by atoms with Crippen LogP contribution in [0, 0.1) is 0 Å². The second kappa shape index (κ2) is 11.3. The zero-order valence-corrected chi connectivity index (χ0v) is 19.3. The topological polar surface area (TPSA) is 120 Å². The Morgan fingerprint density at radius 1 is 0.882 bits per heavy atom. The van der Waals surface area contributed by atoms with Crippen molar-refractivity contribution in [2.45, 2.75) is 37.8 Å². The molecule has 2 N–H and O–H groups in total. The SMILES string of the molecule is COC(=O)CC[C@@H](NC(=O)[C@H](C)NC(=O)OCC1c2ccccc2-c2ccccc21)C(=O)OC. The van der Waals surface area contributed by atoms with Crippen LogP contribution in [0.3, 0.4) is 0 Å². The van der Waals surface area contributed by atoms with Gasteiger partial charge in [0.15, 0.2) is 0 Å². The first-order valence-corrected chi connectivity index (χ1v) is 10.9. The molecule has 0 aliphatic heterocycles. The number of methoxy groups -OCH3 is 2. The number of ether oxygens (including phenoxy) is 3. The summed E-state index contributed by atoms with van der Waals surface area (Å²) < 4.78 is 14.7. The quantitative estimate of drug-likeness (QED) is 0.429. The van der Waals surface area contributed by atoms with Gasteiger partial charge in [-0.05, 0) is 35.6 Å². The van der Waals surface area contributed by atoms with Gasteiger partial charge in [0.1, 0.15) is 18.7 Å². The standard InChI is InChI=1S/C25H28N2O7/c1-15(23(29)27-21(24(30)33-3)12-13-22(28)32-2)26-25(31)34-14-20-18-10-6-4-8-16(18)17-9-5-7-11-19(17)20/h4-11,15,20-21H,12-14H2,1-3H3,(H,26,31)(H,27,29)/t15-,21+/m0/s1. The number of benzene rings is 2. The molecule has 2 aromatic rings.